The van der Waals surface area contributed by atoms with Gasteiger partial charge in [-0.3, -0.25) is 9.59 Å². The molecule has 0 radical (unpaired) electrons. The molecule has 4 aromatic rings. The Hall–Kier alpha value is -4.23. The zero-order valence-electron chi connectivity index (χ0n) is 19.2. The van der Waals surface area contributed by atoms with Crippen molar-refractivity contribution in [1.82, 2.24) is 3.97 Å². The Labute approximate surface area is 203 Å². The summed E-state index contributed by atoms with van der Waals surface area (Å²) in [6.07, 6.45) is 2.69. The smallest absolute Gasteiger partial charge is 0.268 e. The second-order valence-corrected chi connectivity index (χ2v) is 10.3. The third-order valence-electron chi connectivity index (χ3n) is 6.01. The second-order valence-electron chi connectivity index (χ2n) is 8.44. The summed E-state index contributed by atoms with van der Waals surface area (Å²) < 4.78 is 28.8. The highest BCUT2D eigenvalue weighted by Crippen LogP contribution is 2.40. The number of aromatic nitrogens is 1. The van der Waals surface area contributed by atoms with E-state index in [9.17, 15) is 18.0 Å². The number of hydrogen-bond donors (Lipinski definition) is 0. The van der Waals surface area contributed by atoms with Gasteiger partial charge in [-0.1, -0.05) is 60.7 Å². The number of carbonyl (C=O) groups is 2. The molecule has 1 aromatic heterocycles. The predicted molar refractivity (Wildman–Crippen MR) is 136 cm³/mol. The van der Waals surface area contributed by atoms with Gasteiger partial charge in [0.15, 0.2) is 0 Å². The molecule has 0 atom stereocenters. The molecule has 174 valence electrons. The van der Waals surface area contributed by atoms with Crippen LogP contribution in [0.15, 0.2) is 102 Å². The monoisotopic (exact) mass is 482 g/mol. The van der Waals surface area contributed by atoms with Gasteiger partial charge in [0, 0.05) is 37.1 Å². The van der Waals surface area contributed by atoms with Gasteiger partial charge in [-0.25, -0.2) is 12.4 Å². The number of allylic oxidation sites excluding steroid dienone is 1. The molecule has 5 rings (SSSR count). The molecule has 7 heteroatoms. The number of nitrogens with zero attached hydrogens (tertiary/aromatic N) is 2. The molecule has 0 unspecified atom stereocenters. The summed E-state index contributed by atoms with van der Waals surface area (Å²) in [7, 11) is -0.287. The van der Waals surface area contributed by atoms with Gasteiger partial charge in [-0.15, -0.1) is 0 Å². The Balaban J connectivity index is 1.86. The topological polar surface area (TPSA) is 76.5 Å². The van der Waals surface area contributed by atoms with Gasteiger partial charge < -0.3 is 4.90 Å². The van der Waals surface area contributed by atoms with Gasteiger partial charge in [0.05, 0.1) is 16.2 Å². The summed E-state index contributed by atoms with van der Waals surface area (Å²) in [5.41, 5.74) is 3.22. The zero-order valence-corrected chi connectivity index (χ0v) is 20.0. The summed E-state index contributed by atoms with van der Waals surface area (Å²) >= 11 is 0. The van der Waals surface area contributed by atoms with Crippen LogP contribution < -0.4 is 4.90 Å². The molecule has 6 nitrogen and oxygen atoms in total. The normalized spacial score (nSPS) is 13.4. The number of ketones is 2. The van der Waals surface area contributed by atoms with Gasteiger partial charge in [0.1, 0.15) is 0 Å². The fourth-order valence-electron chi connectivity index (χ4n) is 4.26. The number of hydrogen-bond acceptors (Lipinski definition) is 5. The molecular formula is C28H22N2O4S. The van der Waals surface area contributed by atoms with E-state index in [1.54, 1.807) is 48.5 Å². The molecule has 0 saturated carbocycles. The van der Waals surface area contributed by atoms with Crippen molar-refractivity contribution < 1.29 is 18.0 Å². The molecule has 0 fully saturated rings. The predicted octanol–water partition coefficient (Wildman–Crippen LogP) is 4.66. The summed E-state index contributed by atoms with van der Waals surface area (Å²) in [4.78, 5) is 28.1. The fourth-order valence-corrected chi connectivity index (χ4v) is 5.66. The van der Waals surface area contributed by atoms with Crippen LogP contribution in [0.1, 0.15) is 21.6 Å². The maximum atomic E-state index is 13.8. The van der Waals surface area contributed by atoms with E-state index in [0.29, 0.717) is 22.3 Å². The third kappa shape index (κ3) is 3.80. The van der Waals surface area contributed by atoms with E-state index in [-0.39, 0.29) is 16.2 Å². The van der Waals surface area contributed by atoms with Crippen LogP contribution in [0.2, 0.25) is 0 Å². The third-order valence-corrected chi connectivity index (χ3v) is 7.69. The number of anilines is 1. The fraction of sp³-hybridized carbons (Fsp3) is 0.0714. The van der Waals surface area contributed by atoms with Crippen molar-refractivity contribution in [2.24, 2.45) is 0 Å². The molecule has 1 aliphatic carbocycles. The molecule has 0 amide bonds. The summed E-state index contributed by atoms with van der Waals surface area (Å²) in [5.74, 6) is -1.41. The lowest BCUT2D eigenvalue weighted by Gasteiger charge is -2.20. The van der Waals surface area contributed by atoms with E-state index in [0.717, 1.165) is 9.66 Å². The molecular weight excluding hydrogens is 460 g/mol. The van der Waals surface area contributed by atoms with Crippen LogP contribution in [0.5, 0.6) is 0 Å². The van der Waals surface area contributed by atoms with Gasteiger partial charge >= 0.3 is 0 Å². The number of benzene rings is 3. The van der Waals surface area contributed by atoms with Crippen LogP contribution in [0, 0.1) is 0 Å². The first-order valence-corrected chi connectivity index (χ1v) is 12.4. The molecule has 0 spiro atoms. The lowest BCUT2D eigenvalue weighted by atomic mass is 9.87. The average Bonchev–Trinajstić information content (AvgIpc) is 3.29. The van der Waals surface area contributed by atoms with Crippen LogP contribution >= 0.6 is 0 Å². The van der Waals surface area contributed by atoms with Gasteiger partial charge in [-0.2, -0.15) is 0 Å². The van der Waals surface area contributed by atoms with Crippen molar-refractivity contribution in [2.45, 2.75) is 4.90 Å². The minimum atomic E-state index is -4.07. The molecule has 0 saturated heterocycles. The van der Waals surface area contributed by atoms with E-state index in [1.165, 1.54) is 24.4 Å². The van der Waals surface area contributed by atoms with Crippen molar-refractivity contribution in [2.75, 3.05) is 19.0 Å². The van der Waals surface area contributed by atoms with Crippen LogP contribution in [0.4, 0.5) is 5.69 Å². The minimum absolute atomic E-state index is 0.0863. The average molecular weight is 483 g/mol. The lowest BCUT2D eigenvalue weighted by molar-refractivity contribution is -0.111. The maximum Gasteiger partial charge on any atom is 0.268 e. The largest absolute Gasteiger partial charge is 0.378 e. The van der Waals surface area contributed by atoms with Gasteiger partial charge in [-0.05, 0) is 41.5 Å². The molecule has 35 heavy (non-hydrogen) atoms. The van der Waals surface area contributed by atoms with Crippen molar-refractivity contribution >= 4 is 32.9 Å². The molecule has 0 N–H and O–H groups in total. The standard InChI is InChI=1S/C28H22N2O4S/c1-29(2)21-13-9-12-20(16-21)23-17-25(31)28(32)26-24(19-10-5-3-6-11-19)18-30(27(23)26)35(33,34)22-14-7-4-8-15-22/h3-18H,1-2H3. The quantitative estimate of drug-likeness (QED) is 0.387. The molecule has 0 bridgehead atoms. The number of Topliss-reactive ketones (excluding diaryl/α,β-unsaturated/α-hetero) is 1. The van der Waals surface area contributed by atoms with E-state index >= 15 is 0 Å². The van der Waals surface area contributed by atoms with Crippen molar-refractivity contribution in [3.05, 3.63) is 114 Å². The minimum Gasteiger partial charge on any atom is -0.378 e. The first-order chi connectivity index (χ1) is 16.8. The highest BCUT2D eigenvalue weighted by atomic mass is 32.2. The van der Waals surface area contributed by atoms with Crippen LogP contribution in [-0.4, -0.2) is 38.1 Å². The Morgan fingerprint density at radius 3 is 2.06 bits per heavy atom. The lowest BCUT2D eigenvalue weighted by Crippen LogP contribution is -2.23. The first-order valence-electron chi connectivity index (χ1n) is 11.0. The first kappa shape index (κ1) is 22.6. The SMILES string of the molecule is CN(C)c1cccc(C2=CC(=O)C(=O)c3c(-c4ccccc4)cn(S(=O)(=O)c4ccccc4)c32)c1. The Bertz CT molecular complexity index is 1600. The molecule has 0 aliphatic heterocycles. The highest BCUT2D eigenvalue weighted by Gasteiger charge is 2.36. The van der Waals surface area contributed by atoms with E-state index < -0.39 is 21.6 Å². The summed E-state index contributed by atoms with van der Waals surface area (Å²) in [5, 5.41) is 0. The Kier molecular flexibility index (Phi) is 5.49. The van der Waals surface area contributed by atoms with E-state index in [2.05, 4.69) is 0 Å². The summed E-state index contributed by atoms with van der Waals surface area (Å²) in [6.45, 7) is 0. The highest BCUT2D eigenvalue weighted by molar-refractivity contribution is 7.90. The van der Waals surface area contributed by atoms with E-state index in [1.807, 2.05) is 43.3 Å². The Morgan fingerprint density at radius 1 is 0.771 bits per heavy atom. The number of fused-ring (bicyclic) bond motifs is 1. The van der Waals surface area contributed by atoms with Crippen molar-refractivity contribution in [3.8, 4) is 11.1 Å². The molecule has 3 aromatic carbocycles. The Morgan fingerprint density at radius 2 is 1.40 bits per heavy atom. The number of rotatable bonds is 5. The van der Waals surface area contributed by atoms with Gasteiger partial charge in [0.25, 0.3) is 10.0 Å². The zero-order chi connectivity index (χ0) is 24.7. The van der Waals surface area contributed by atoms with Gasteiger partial charge in [0.2, 0.25) is 11.6 Å². The van der Waals surface area contributed by atoms with Crippen molar-refractivity contribution in [1.29, 1.82) is 0 Å². The van der Waals surface area contributed by atoms with Crippen molar-refractivity contribution in [3.63, 3.8) is 0 Å². The molecule has 1 heterocycles. The molecule has 1 aliphatic rings. The van der Waals surface area contributed by atoms with Crippen LogP contribution in [0.3, 0.4) is 0 Å². The van der Waals surface area contributed by atoms with E-state index in [4.69, 9.17) is 0 Å². The maximum absolute atomic E-state index is 13.8. The number of carbonyl (C=O) groups excluding carboxylic acids is 2. The second kappa shape index (κ2) is 8.52. The van der Waals surface area contributed by atoms with Crippen LogP contribution in [-0.2, 0) is 14.8 Å². The van der Waals surface area contributed by atoms with Crippen LogP contribution in [0.25, 0.3) is 16.7 Å². The summed E-state index contributed by atoms with van der Waals surface area (Å²) in [6, 6.07) is 24.5.